The molecule has 1 aliphatic rings. The number of nitrogens with zero attached hydrogens (tertiary/aromatic N) is 4. The second kappa shape index (κ2) is 7.11. The van der Waals surface area contributed by atoms with E-state index in [1.54, 1.807) is 6.08 Å². The Morgan fingerprint density at radius 2 is 2.00 bits per heavy atom. The van der Waals surface area contributed by atoms with Crippen molar-refractivity contribution in [3.63, 3.8) is 0 Å². The molecule has 0 bridgehead atoms. The molecule has 0 aliphatic carbocycles. The van der Waals surface area contributed by atoms with Gasteiger partial charge in [0, 0.05) is 30.6 Å². The molecule has 0 saturated carbocycles. The summed E-state index contributed by atoms with van der Waals surface area (Å²) in [6, 6.07) is 7.99. The van der Waals surface area contributed by atoms with Gasteiger partial charge in [-0.1, -0.05) is 24.3 Å². The third-order valence-electron chi connectivity index (χ3n) is 4.86. The number of amides is 1. The van der Waals surface area contributed by atoms with Gasteiger partial charge in [-0.15, -0.1) is 0 Å². The summed E-state index contributed by atoms with van der Waals surface area (Å²) in [5.74, 6) is 0.110. The number of fused-ring (bicyclic) bond motifs is 3. The Kier molecular flexibility index (Phi) is 4.50. The van der Waals surface area contributed by atoms with E-state index in [0.29, 0.717) is 17.9 Å². The fourth-order valence-corrected chi connectivity index (χ4v) is 3.49. The summed E-state index contributed by atoms with van der Waals surface area (Å²) in [7, 11) is 0. The van der Waals surface area contributed by atoms with Crippen LogP contribution in [0.2, 0.25) is 0 Å². The van der Waals surface area contributed by atoms with Crippen molar-refractivity contribution in [3.05, 3.63) is 54.5 Å². The number of rotatable bonds is 6. The average Bonchev–Trinajstić information content (AvgIpc) is 3.10. The van der Waals surface area contributed by atoms with Crippen LogP contribution < -0.4 is 11.5 Å². The molecule has 0 radical (unpaired) electrons. The van der Waals surface area contributed by atoms with Gasteiger partial charge in [0.05, 0.1) is 17.4 Å². The fraction of sp³-hybridized carbons (Fsp3) is 0.250. The number of hydrogen-bond donors (Lipinski definition) is 2. The van der Waals surface area contributed by atoms with Crippen molar-refractivity contribution >= 4 is 33.7 Å². The summed E-state index contributed by atoms with van der Waals surface area (Å²) in [5.41, 5.74) is 14.8. The van der Waals surface area contributed by atoms with Crippen LogP contribution in [-0.4, -0.2) is 38.4 Å². The van der Waals surface area contributed by atoms with Crippen LogP contribution in [0, 0.1) is 0 Å². The van der Waals surface area contributed by atoms with E-state index in [4.69, 9.17) is 11.5 Å². The predicted molar refractivity (Wildman–Crippen MR) is 107 cm³/mol. The number of aromatic nitrogens is 3. The molecule has 1 amide bonds. The van der Waals surface area contributed by atoms with Gasteiger partial charge in [-0.3, -0.25) is 4.79 Å². The van der Waals surface area contributed by atoms with Crippen LogP contribution in [-0.2, 0) is 11.3 Å². The summed E-state index contributed by atoms with van der Waals surface area (Å²) in [5, 5.41) is 1.06. The second-order valence-electron chi connectivity index (χ2n) is 6.72. The van der Waals surface area contributed by atoms with E-state index in [2.05, 4.69) is 25.5 Å². The highest BCUT2D eigenvalue weighted by Crippen LogP contribution is 2.27. The fourth-order valence-electron chi connectivity index (χ4n) is 3.49. The van der Waals surface area contributed by atoms with Crippen LogP contribution in [0.25, 0.3) is 21.9 Å². The molecule has 7 heteroatoms. The van der Waals surface area contributed by atoms with Crippen molar-refractivity contribution < 1.29 is 4.79 Å². The first-order chi connectivity index (χ1) is 13.1. The lowest BCUT2D eigenvalue weighted by Gasteiger charge is -2.23. The van der Waals surface area contributed by atoms with Crippen LogP contribution in [0.5, 0.6) is 0 Å². The van der Waals surface area contributed by atoms with E-state index in [1.807, 2.05) is 36.8 Å². The minimum atomic E-state index is -0.354. The maximum atomic E-state index is 11.3. The Bertz CT molecular complexity index is 1060. The van der Waals surface area contributed by atoms with Crippen LogP contribution in [0.15, 0.2) is 54.5 Å². The number of pyridine rings is 1. The minimum Gasteiger partial charge on any atom is -0.382 e. The molecule has 4 rings (SSSR count). The predicted octanol–water partition coefficient (Wildman–Crippen LogP) is 2.19. The number of imidazole rings is 1. The summed E-state index contributed by atoms with van der Waals surface area (Å²) in [6.45, 7) is 2.30. The molecule has 2 aromatic heterocycles. The van der Waals surface area contributed by atoms with E-state index in [9.17, 15) is 4.79 Å². The van der Waals surface area contributed by atoms with Crippen molar-refractivity contribution in [2.75, 3.05) is 18.8 Å². The van der Waals surface area contributed by atoms with Crippen molar-refractivity contribution in [2.45, 2.75) is 19.4 Å². The quantitative estimate of drug-likeness (QED) is 0.654. The molecule has 0 spiro atoms. The van der Waals surface area contributed by atoms with Gasteiger partial charge in [0.1, 0.15) is 5.52 Å². The van der Waals surface area contributed by atoms with Crippen LogP contribution in [0.4, 0.5) is 5.82 Å². The van der Waals surface area contributed by atoms with Gasteiger partial charge in [0.2, 0.25) is 5.91 Å². The first-order valence-electron chi connectivity index (χ1n) is 9.04. The number of para-hydroxylation sites is 1. The number of anilines is 1. The smallest absolute Gasteiger partial charge is 0.246 e. The third kappa shape index (κ3) is 3.36. The molecular weight excluding hydrogens is 340 g/mol. The number of primary amides is 1. The second-order valence-corrected chi connectivity index (χ2v) is 6.72. The number of benzene rings is 1. The number of carbonyl (C=O) groups excluding carboxylic acids is 1. The summed E-state index contributed by atoms with van der Waals surface area (Å²) in [6.07, 6.45) is 9.47. The maximum Gasteiger partial charge on any atom is 0.246 e. The van der Waals surface area contributed by atoms with Gasteiger partial charge in [0.25, 0.3) is 0 Å². The number of unbranched alkanes of at least 4 members (excludes halogenated alkanes) is 1. The lowest BCUT2D eigenvalue weighted by Crippen LogP contribution is -2.29. The molecule has 0 atom stereocenters. The van der Waals surface area contributed by atoms with Crippen molar-refractivity contribution in [3.8, 4) is 0 Å². The largest absolute Gasteiger partial charge is 0.382 e. The normalized spacial score (nSPS) is 14.1. The molecular formula is C20H22N6O. The summed E-state index contributed by atoms with van der Waals surface area (Å²) in [4.78, 5) is 22.3. The first-order valence-corrected chi connectivity index (χ1v) is 9.04. The van der Waals surface area contributed by atoms with E-state index < -0.39 is 0 Å². The lowest BCUT2D eigenvalue weighted by molar-refractivity contribution is -0.114. The number of carbonyl (C=O) groups is 1. The number of allylic oxidation sites excluding steroid dienone is 2. The van der Waals surface area contributed by atoms with Gasteiger partial charge in [0.15, 0.2) is 5.82 Å². The lowest BCUT2D eigenvalue weighted by atomic mass is 10.1. The summed E-state index contributed by atoms with van der Waals surface area (Å²) >= 11 is 0. The average molecular weight is 362 g/mol. The topological polar surface area (TPSA) is 103 Å². The Labute approximate surface area is 157 Å². The van der Waals surface area contributed by atoms with Gasteiger partial charge in [-0.2, -0.15) is 0 Å². The molecule has 0 fully saturated rings. The Morgan fingerprint density at radius 3 is 2.85 bits per heavy atom. The number of aryl methyl sites for hydroxylation is 1. The molecule has 138 valence electrons. The molecule has 0 saturated heterocycles. The van der Waals surface area contributed by atoms with Crippen LogP contribution in [0.1, 0.15) is 12.8 Å². The Balaban J connectivity index is 1.44. The molecule has 4 N–H and O–H groups in total. The van der Waals surface area contributed by atoms with Gasteiger partial charge >= 0.3 is 0 Å². The van der Waals surface area contributed by atoms with E-state index >= 15 is 0 Å². The zero-order chi connectivity index (χ0) is 18.8. The van der Waals surface area contributed by atoms with Gasteiger partial charge in [-0.05, 0) is 31.2 Å². The van der Waals surface area contributed by atoms with Crippen LogP contribution in [0.3, 0.4) is 0 Å². The molecule has 3 aromatic rings. The number of nitrogen functional groups attached to an aromatic ring is 1. The molecule has 1 aliphatic heterocycles. The molecule has 7 nitrogen and oxygen atoms in total. The Hall–Kier alpha value is -3.35. The highest BCUT2D eigenvalue weighted by Gasteiger charge is 2.13. The highest BCUT2D eigenvalue weighted by molar-refractivity contribution is 6.06. The molecule has 0 unspecified atom stereocenters. The van der Waals surface area contributed by atoms with Gasteiger partial charge < -0.3 is 20.9 Å². The van der Waals surface area contributed by atoms with Crippen molar-refractivity contribution in [2.24, 2.45) is 5.73 Å². The monoisotopic (exact) mass is 362 g/mol. The first kappa shape index (κ1) is 17.1. The van der Waals surface area contributed by atoms with E-state index in [0.717, 1.165) is 47.9 Å². The highest BCUT2D eigenvalue weighted by atomic mass is 16.1. The van der Waals surface area contributed by atoms with E-state index in [1.165, 1.54) is 0 Å². The number of hydrogen-bond acceptors (Lipinski definition) is 5. The zero-order valence-corrected chi connectivity index (χ0v) is 15.0. The van der Waals surface area contributed by atoms with E-state index in [-0.39, 0.29) is 5.91 Å². The summed E-state index contributed by atoms with van der Waals surface area (Å²) < 4.78 is 2.15. The van der Waals surface area contributed by atoms with Crippen molar-refractivity contribution in [1.82, 2.24) is 19.4 Å². The molecule has 3 heterocycles. The molecule has 1 aromatic carbocycles. The SMILES string of the molecule is NC(=O)C1=CC=CN(CCCCn2cnc3c(N)nc4ccccc4c32)C1. The van der Waals surface area contributed by atoms with Gasteiger partial charge in [-0.25, -0.2) is 9.97 Å². The zero-order valence-electron chi connectivity index (χ0n) is 15.0. The Morgan fingerprint density at radius 1 is 1.19 bits per heavy atom. The third-order valence-corrected chi connectivity index (χ3v) is 4.86. The maximum absolute atomic E-state index is 11.3. The molecule has 27 heavy (non-hydrogen) atoms. The number of nitrogens with two attached hydrogens (primary N) is 2. The minimum absolute atomic E-state index is 0.354. The van der Waals surface area contributed by atoms with Crippen molar-refractivity contribution in [1.29, 1.82) is 0 Å². The van der Waals surface area contributed by atoms with Crippen LogP contribution >= 0.6 is 0 Å². The standard InChI is InChI=1S/C20H22N6O/c21-19-17-18(15-7-1-2-8-16(15)24-19)26(13-23-17)11-4-3-9-25-10-5-6-14(12-25)20(22)27/h1-2,5-8,10,13H,3-4,9,11-12H2,(H2,21,24)(H2,22,27).